The Morgan fingerprint density at radius 1 is 1.21 bits per heavy atom. The van der Waals surface area contributed by atoms with Crippen molar-refractivity contribution in [1.29, 1.82) is 0 Å². The molecule has 0 aliphatic heterocycles. The van der Waals surface area contributed by atoms with Crippen LogP contribution in [0.25, 0.3) is 0 Å². The van der Waals surface area contributed by atoms with E-state index in [1.165, 1.54) is 11.1 Å². The second-order valence-corrected chi connectivity index (χ2v) is 6.21. The van der Waals surface area contributed by atoms with Crippen LogP contribution in [-0.4, -0.2) is 18.5 Å². The fraction of sp³-hybridized carbons (Fsp3) is 0.588. The molecule has 1 atom stereocenters. The van der Waals surface area contributed by atoms with Crippen molar-refractivity contribution in [1.82, 2.24) is 0 Å². The molecule has 0 aromatic heterocycles. The molecule has 1 unspecified atom stereocenters. The van der Waals surface area contributed by atoms with Crippen molar-refractivity contribution in [2.45, 2.75) is 54.1 Å². The van der Waals surface area contributed by atoms with Gasteiger partial charge in [-0.2, -0.15) is 0 Å². The molecule has 0 saturated heterocycles. The van der Waals surface area contributed by atoms with Crippen LogP contribution in [0, 0.1) is 19.3 Å². The predicted octanol–water partition coefficient (Wildman–Crippen LogP) is 3.87. The summed E-state index contributed by atoms with van der Waals surface area (Å²) >= 11 is 0. The second-order valence-electron chi connectivity index (χ2n) is 6.21. The molecule has 0 N–H and O–H groups in total. The number of ether oxygens (including phenoxy) is 1. The Morgan fingerprint density at radius 2 is 1.74 bits per heavy atom. The van der Waals surface area contributed by atoms with E-state index in [4.69, 9.17) is 4.74 Å². The molecule has 0 spiro atoms. The number of carbonyl (C=O) groups excluding carboxylic acids is 1. The van der Waals surface area contributed by atoms with E-state index >= 15 is 0 Å². The maximum atomic E-state index is 12.5. The number of ketones is 1. The molecule has 0 bridgehead atoms. The van der Waals surface area contributed by atoms with Gasteiger partial charge in [0.25, 0.3) is 0 Å². The molecule has 2 heteroatoms. The zero-order valence-electron chi connectivity index (χ0n) is 13.0. The summed E-state index contributed by atoms with van der Waals surface area (Å²) in [6, 6.07) is 6.15. The van der Waals surface area contributed by atoms with Gasteiger partial charge in [-0.05, 0) is 42.9 Å². The molecule has 0 radical (unpaired) electrons. The van der Waals surface area contributed by atoms with Crippen molar-refractivity contribution in [3.05, 3.63) is 34.9 Å². The third kappa shape index (κ3) is 4.17. The predicted molar refractivity (Wildman–Crippen MR) is 79.5 cm³/mol. The zero-order valence-corrected chi connectivity index (χ0v) is 13.0. The maximum Gasteiger partial charge on any atom is 0.166 e. The van der Waals surface area contributed by atoms with Crippen molar-refractivity contribution in [3.63, 3.8) is 0 Å². The van der Waals surface area contributed by atoms with Crippen LogP contribution in [0.15, 0.2) is 18.2 Å². The van der Waals surface area contributed by atoms with Crippen LogP contribution in [0.5, 0.6) is 0 Å². The summed E-state index contributed by atoms with van der Waals surface area (Å²) < 4.78 is 5.67. The lowest BCUT2D eigenvalue weighted by Gasteiger charge is -2.29. The standard InChI is InChI=1S/C17H26O2/c1-7-19-16(17(4,5)6)15(18)11-14-12(2)9-8-10-13(14)3/h8-10,16H,7,11H2,1-6H3. The second kappa shape index (κ2) is 6.33. The van der Waals surface area contributed by atoms with Crippen molar-refractivity contribution >= 4 is 5.78 Å². The third-order valence-electron chi connectivity index (χ3n) is 3.41. The maximum absolute atomic E-state index is 12.5. The largest absolute Gasteiger partial charge is 0.370 e. The molecule has 106 valence electrons. The first-order valence-electron chi connectivity index (χ1n) is 6.96. The molecular weight excluding hydrogens is 236 g/mol. The van der Waals surface area contributed by atoms with Crippen molar-refractivity contribution in [2.75, 3.05) is 6.61 Å². The van der Waals surface area contributed by atoms with Crippen LogP contribution >= 0.6 is 0 Å². The lowest BCUT2D eigenvalue weighted by atomic mass is 9.83. The Hall–Kier alpha value is -1.15. The number of carbonyl (C=O) groups is 1. The molecule has 0 amide bonds. The molecule has 0 aliphatic carbocycles. The Balaban J connectivity index is 2.94. The highest BCUT2D eigenvalue weighted by molar-refractivity contribution is 5.86. The van der Waals surface area contributed by atoms with Gasteiger partial charge in [-0.3, -0.25) is 4.79 Å². The average Bonchev–Trinajstić information content (AvgIpc) is 2.29. The molecule has 0 saturated carbocycles. The Bertz CT molecular complexity index is 421. The number of benzene rings is 1. The van der Waals surface area contributed by atoms with Gasteiger partial charge in [0.2, 0.25) is 0 Å². The van der Waals surface area contributed by atoms with Gasteiger partial charge in [0.05, 0.1) is 0 Å². The molecule has 1 rings (SSSR count). The van der Waals surface area contributed by atoms with Crippen LogP contribution in [-0.2, 0) is 16.0 Å². The van der Waals surface area contributed by atoms with E-state index in [0.717, 1.165) is 5.56 Å². The van der Waals surface area contributed by atoms with E-state index in [1.807, 2.05) is 13.0 Å². The highest BCUT2D eigenvalue weighted by Gasteiger charge is 2.31. The fourth-order valence-electron chi connectivity index (χ4n) is 2.39. The average molecular weight is 262 g/mol. The lowest BCUT2D eigenvalue weighted by Crippen LogP contribution is -2.38. The topological polar surface area (TPSA) is 26.3 Å². The zero-order chi connectivity index (χ0) is 14.6. The summed E-state index contributed by atoms with van der Waals surface area (Å²) in [5.74, 6) is 0.173. The molecule has 0 heterocycles. The number of aryl methyl sites for hydroxylation is 2. The number of hydrogen-bond acceptors (Lipinski definition) is 2. The highest BCUT2D eigenvalue weighted by atomic mass is 16.5. The first-order chi connectivity index (χ1) is 8.77. The Labute approximate surface area is 117 Å². The Morgan fingerprint density at radius 3 is 2.16 bits per heavy atom. The summed E-state index contributed by atoms with van der Waals surface area (Å²) in [6.07, 6.45) is 0.122. The van der Waals surface area contributed by atoms with Gasteiger partial charge in [-0.1, -0.05) is 39.0 Å². The summed E-state index contributed by atoms with van der Waals surface area (Å²) in [5.41, 5.74) is 3.33. The van der Waals surface area contributed by atoms with Gasteiger partial charge >= 0.3 is 0 Å². The number of rotatable bonds is 5. The molecule has 1 aromatic rings. The van der Waals surface area contributed by atoms with Crippen molar-refractivity contribution < 1.29 is 9.53 Å². The summed E-state index contributed by atoms with van der Waals surface area (Å²) in [7, 11) is 0. The molecule has 19 heavy (non-hydrogen) atoms. The van der Waals surface area contributed by atoms with Gasteiger partial charge in [-0.25, -0.2) is 0 Å². The van der Waals surface area contributed by atoms with Crippen molar-refractivity contribution in [3.8, 4) is 0 Å². The molecule has 2 nitrogen and oxygen atoms in total. The van der Waals surface area contributed by atoms with Crippen LogP contribution in [0.1, 0.15) is 44.4 Å². The first-order valence-corrected chi connectivity index (χ1v) is 6.96. The summed E-state index contributed by atoms with van der Waals surface area (Å²) in [4.78, 5) is 12.5. The molecular formula is C17H26O2. The minimum absolute atomic E-state index is 0.163. The normalized spacial score (nSPS) is 13.4. The first kappa shape index (κ1) is 15.9. The summed E-state index contributed by atoms with van der Waals surface area (Å²) in [5, 5.41) is 0. The highest BCUT2D eigenvalue weighted by Crippen LogP contribution is 2.25. The lowest BCUT2D eigenvalue weighted by molar-refractivity contribution is -0.136. The van der Waals surface area contributed by atoms with E-state index in [2.05, 4.69) is 46.8 Å². The van der Waals surface area contributed by atoms with Gasteiger partial charge in [0.1, 0.15) is 6.10 Å². The van der Waals surface area contributed by atoms with Gasteiger partial charge < -0.3 is 4.74 Å². The molecule has 0 fully saturated rings. The van der Waals surface area contributed by atoms with Crippen LogP contribution in [0.2, 0.25) is 0 Å². The van der Waals surface area contributed by atoms with E-state index in [-0.39, 0.29) is 17.3 Å². The van der Waals surface area contributed by atoms with Gasteiger partial charge in [0.15, 0.2) is 5.78 Å². The fourth-order valence-corrected chi connectivity index (χ4v) is 2.39. The Kier molecular flexibility index (Phi) is 5.30. The summed E-state index contributed by atoms with van der Waals surface area (Å²) in [6.45, 7) is 12.8. The van der Waals surface area contributed by atoms with Crippen LogP contribution in [0.4, 0.5) is 0 Å². The molecule has 0 aliphatic rings. The SMILES string of the molecule is CCOC(C(=O)Cc1c(C)cccc1C)C(C)(C)C. The quantitative estimate of drug-likeness (QED) is 0.805. The minimum Gasteiger partial charge on any atom is -0.370 e. The molecule has 1 aromatic carbocycles. The minimum atomic E-state index is -0.337. The monoisotopic (exact) mass is 262 g/mol. The van der Waals surface area contributed by atoms with E-state index < -0.39 is 0 Å². The van der Waals surface area contributed by atoms with Crippen molar-refractivity contribution in [2.24, 2.45) is 5.41 Å². The van der Waals surface area contributed by atoms with Gasteiger partial charge in [0, 0.05) is 13.0 Å². The number of hydrogen-bond donors (Lipinski definition) is 0. The van der Waals surface area contributed by atoms with E-state index in [9.17, 15) is 4.79 Å². The van der Waals surface area contributed by atoms with Crippen LogP contribution < -0.4 is 0 Å². The van der Waals surface area contributed by atoms with Crippen LogP contribution in [0.3, 0.4) is 0 Å². The van der Waals surface area contributed by atoms with E-state index in [1.54, 1.807) is 0 Å². The smallest absolute Gasteiger partial charge is 0.166 e. The number of Topliss-reactive ketones (excluding diaryl/α,β-unsaturated/α-hetero) is 1. The third-order valence-corrected chi connectivity index (χ3v) is 3.41. The van der Waals surface area contributed by atoms with E-state index in [0.29, 0.717) is 13.0 Å². The van der Waals surface area contributed by atoms with Gasteiger partial charge in [-0.15, -0.1) is 0 Å².